The fraction of sp³-hybridized carbons (Fsp3) is 0.214. The van der Waals surface area contributed by atoms with Crippen molar-refractivity contribution in [3.8, 4) is 0 Å². The molecule has 1 heterocycles. The lowest BCUT2D eigenvalue weighted by Crippen LogP contribution is -2.29. The number of hydrogen-bond acceptors (Lipinski definition) is 4. The standard InChI is InChI=1S/C14H14FN3O2/c1-9-6-17-12(7-16-9)14(20)18-8-13(19)10-2-4-11(15)5-3-10/h2-7,13,19H,8H2,1H3,(H,18,20). The Hall–Kier alpha value is -2.34. The van der Waals surface area contributed by atoms with Crippen molar-refractivity contribution >= 4 is 5.91 Å². The molecule has 0 spiro atoms. The number of rotatable bonds is 4. The molecular weight excluding hydrogens is 261 g/mol. The molecule has 20 heavy (non-hydrogen) atoms. The Bertz CT molecular complexity index is 584. The summed E-state index contributed by atoms with van der Waals surface area (Å²) in [5.41, 5.74) is 1.43. The Morgan fingerprint density at radius 2 is 2.00 bits per heavy atom. The van der Waals surface area contributed by atoms with E-state index in [1.807, 2.05) is 0 Å². The van der Waals surface area contributed by atoms with E-state index in [0.717, 1.165) is 0 Å². The highest BCUT2D eigenvalue weighted by Crippen LogP contribution is 2.12. The lowest BCUT2D eigenvalue weighted by Gasteiger charge is -2.12. The van der Waals surface area contributed by atoms with Gasteiger partial charge in [-0.1, -0.05) is 12.1 Å². The number of hydrogen-bond donors (Lipinski definition) is 2. The zero-order valence-corrected chi connectivity index (χ0v) is 10.9. The predicted octanol–water partition coefficient (Wildman–Crippen LogP) is 1.39. The minimum atomic E-state index is -0.905. The van der Waals surface area contributed by atoms with Crippen LogP contribution in [-0.4, -0.2) is 27.5 Å². The van der Waals surface area contributed by atoms with Gasteiger partial charge < -0.3 is 10.4 Å². The fourth-order valence-corrected chi connectivity index (χ4v) is 1.59. The summed E-state index contributed by atoms with van der Waals surface area (Å²) < 4.78 is 12.8. The van der Waals surface area contributed by atoms with E-state index in [9.17, 15) is 14.3 Å². The van der Waals surface area contributed by atoms with Gasteiger partial charge in [0.15, 0.2) is 0 Å². The average molecular weight is 275 g/mol. The Kier molecular flexibility index (Phi) is 4.37. The van der Waals surface area contributed by atoms with E-state index < -0.39 is 12.0 Å². The molecule has 0 saturated heterocycles. The molecule has 0 fully saturated rings. The highest BCUT2D eigenvalue weighted by Gasteiger charge is 2.12. The van der Waals surface area contributed by atoms with E-state index in [0.29, 0.717) is 11.3 Å². The number of aliphatic hydroxyl groups is 1. The van der Waals surface area contributed by atoms with Crippen LogP contribution < -0.4 is 5.32 Å². The first-order chi connectivity index (χ1) is 9.56. The molecule has 5 nitrogen and oxygen atoms in total. The smallest absolute Gasteiger partial charge is 0.271 e. The van der Waals surface area contributed by atoms with Gasteiger partial charge in [-0.3, -0.25) is 9.78 Å². The molecule has 1 amide bonds. The van der Waals surface area contributed by atoms with Crippen molar-refractivity contribution in [3.05, 3.63) is 59.4 Å². The fourth-order valence-electron chi connectivity index (χ4n) is 1.59. The highest BCUT2D eigenvalue weighted by molar-refractivity contribution is 5.91. The van der Waals surface area contributed by atoms with Crippen LogP contribution in [-0.2, 0) is 0 Å². The number of aromatic nitrogens is 2. The molecule has 2 N–H and O–H groups in total. The quantitative estimate of drug-likeness (QED) is 0.884. The van der Waals surface area contributed by atoms with Crippen LogP contribution in [0.15, 0.2) is 36.7 Å². The van der Waals surface area contributed by atoms with Crippen LogP contribution >= 0.6 is 0 Å². The van der Waals surface area contributed by atoms with E-state index in [-0.39, 0.29) is 18.1 Å². The second-order valence-corrected chi connectivity index (χ2v) is 4.32. The summed E-state index contributed by atoms with van der Waals surface area (Å²) in [6.07, 6.45) is 1.96. The summed E-state index contributed by atoms with van der Waals surface area (Å²) in [6, 6.07) is 5.45. The number of carbonyl (C=O) groups excluding carboxylic acids is 1. The second kappa shape index (κ2) is 6.21. The Morgan fingerprint density at radius 3 is 2.60 bits per heavy atom. The van der Waals surface area contributed by atoms with Crippen LogP contribution in [0.25, 0.3) is 0 Å². The van der Waals surface area contributed by atoms with Gasteiger partial charge in [-0.2, -0.15) is 0 Å². The summed E-state index contributed by atoms with van der Waals surface area (Å²) in [7, 11) is 0. The largest absolute Gasteiger partial charge is 0.387 e. The summed E-state index contributed by atoms with van der Waals surface area (Å²) in [5, 5.41) is 12.4. The van der Waals surface area contributed by atoms with E-state index in [4.69, 9.17) is 0 Å². The van der Waals surface area contributed by atoms with Gasteiger partial charge in [0.2, 0.25) is 0 Å². The molecule has 0 aliphatic heterocycles. The molecule has 1 atom stereocenters. The average Bonchev–Trinajstić information content (AvgIpc) is 2.46. The zero-order chi connectivity index (χ0) is 14.5. The van der Waals surface area contributed by atoms with Crippen LogP contribution in [0.2, 0.25) is 0 Å². The summed E-state index contributed by atoms with van der Waals surface area (Å²) in [4.78, 5) is 19.7. The van der Waals surface area contributed by atoms with Crippen LogP contribution in [0.4, 0.5) is 4.39 Å². The lowest BCUT2D eigenvalue weighted by molar-refractivity contribution is 0.0911. The Labute approximate surface area is 115 Å². The van der Waals surface area contributed by atoms with Crippen molar-refractivity contribution in [2.45, 2.75) is 13.0 Å². The molecule has 1 aromatic carbocycles. The van der Waals surface area contributed by atoms with Crippen molar-refractivity contribution < 1.29 is 14.3 Å². The van der Waals surface area contributed by atoms with Gasteiger partial charge in [0.05, 0.1) is 18.0 Å². The molecule has 0 aliphatic rings. The van der Waals surface area contributed by atoms with Crippen molar-refractivity contribution in [3.63, 3.8) is 0 Å². The molecular formula is C14H14FN3O2. The van der Waals surface area contributed by atoms with Crippen LogP contribution in [0.5, 0.6) is 0 Å². The maximum Gasteiger partial charge on any atom is 0.271 e. The topological polar surface area (TPSA) is 75.1 Å². The van der Waals surface area contributed by atoms with E-state index >= 15 is 0 Å². The predicted molar refractivity (Wildman–Crippen MR) is 70.5 cm³/mol. The van der Waals surface area contributed by atoms with E-state index in [2.05, 4.69) is 15.3 Å². The van der Waals surface area contributed by atoms with Crippen molar-refractivity contribution in [2.24, 2.45) is 0 Å². The number of halogens is 1. The summed E-state index contributed by atoms with van der Waals surface area (Å²) >= 11 is 0. The number of carbonyl (C=O) groups is 1. The molecule has 2 aromatic rings. The van der Waals surface area contributed by atoms with Gasteiger partial charge in [-0.15, -0.1) is 0 Å². The van der Waals surface area contributed by atoms with Crippen molar-refractivity contribution in [2.75, 3.05) is 6.54 Å². The molecule has 1 unspecified atom stereocenters. The minimum absolute atomic E-state index is 0.0139. The van der Waals surface area contributed by atoms with Gasteiger partial charge in [0.25, 0.3) is 5.91 Å². The van der Waals surface area contributed by atoms with Gasteiger partial charge >= 0.3 is 0 Å². The molecule has 0 radical (unpaired) electrons. The van der Waals surface area contributed by atoms with Crippen molar-refractivity contribution in [1.29, 1.82) is 0 Å². The molecule has 0 saturated carbocycles. The first-order valence-corrected chi connectivity index (χ1v) is 6.06. The number of aryl methyl sites for hydroxylation is 1. The third kappa shape index (κ3) is 3.58. The third-order valence-electron chi connectivity index (χ3n) is 2.72. The van der Waals surface area contributed by atoms with Crippen LogP contribution in [0.1, 0.15) is 27.8 Å². The molecule has 0 aliphatic carbocycles. The maximum absolute atomic E-state index is 12.8. The number of nitrogens with zero attached hydrogens (tertiary/aromatic N) is 2. The first-order valence-electron chi connectivity index (χ1n) is 6.06. The number of nitrogens with one attached hydrogen (secondary N) is 1. The molecule has 6 heteroatoms. The maximum atomic E-state index is 12.8. The van der Waals surface area contributed by atoms with E-state index in [1.165, 1.54) is 36.7 Å². The molecule has 1 aromatic heterocycles. The third-order valence-corrected chi connectivity index (χ3v) is 2.72. The first kappa shape index (κ1) is 14.1. The number of amides is 1. The molecule has 2 rings (SSSR count). The Balaban J connectivity index is 1.92. The summed E-state index contributed by atoms with van der Waals surface area (Å²) in [6.45, 7) is 1.78. The summed E-state index contributed by atoms with van der Waals surface area (Å²) in [5.74, 6) is -0.793. The normalized spacial score (nSPS) is 11.9. The lowest BCUT2D eigenvalue weighted by atomic mass is 10.1. The van der Waals surface area contributed by atoms with Crippen LogP contribution in [0, 0.1) is 12.7 Å². The Morgan fingerprint density at radius 1 is 1.30 bits per heavy atom. The van der Waals surface area contributed by atoms with Crippen molar-refractivity contribution in [1.82, 2.24) is 15.3 Å². The highest BCUT2D eigenvalue weighted by atomic mass is 19.1. The van der Waals surface area contributed by atoms with Crippen LogP contribution in [0.3, 0.4) is 0 Å². The zero-order valence-electron chi connectivity index (χ0n) is 10.9. The number of aliphatic hydroxyl groups excluding tert-OH is 1. The monoisotopic (exact) mass is 275 g/mol. The second-order valence-electron chi connectivity index (χ2n) is 4.32. The van der Waals surface area contributed by atoms with Gasteiger partial charge in [0, 0.05) is 12.7 Å². The molecule has 0 bridgehead atoms. The minimum Gasteiger partial charge on any atom is -0.387 e. The van der Waals surface area contributed by atoms with E-state index in [1.54, 1.807) is 6.92 Å². The SMILES string of the molecule is Cc1cnc(C(=O)NCC(O)c2ccc(F)cc2)cn1. The van der Waals surface area contributed by atoms with Gasteiger partial charge in [-0.25, -0.2) is 9.37 Å². The van der Waals surface area contributed by atoms with Gasteiger partial charge in [-0.05, 0) is 24.6 Å². The van der Waals surface area contributed by atoms with Gasteiger partial charge in [0.1, 0.15) is 11.5 Å². The number of benzene rings is 1. The molecule has 104 valence electrons.